The van der Waals surface area contributed by atoms with Gasteiger partial charge in [0.25, 0.3) is 0 Å². The molecule has 0 aliphatic carbocycles. The smallest absolute Gasteiger partial charge is 0.462 e. The van der Waals surface area contributed by atoms with Gasteiger partial charge >= 0.3 is 19.8 Å². The fourth-order valence-corrected chi connectivity index (χ4v) is 5.14. The molecule has 0 heterocycles. The van der Waals surface area contributed by atoms with Crippen molar-refractivity contribution in [1.82, 2.24) is 0 Å². The maximum absolute atomic E-state index is 12.4. The Morgan fingerprint density at radius 2 is 1.12 bits per heavy atom. The Balaban J connectivity index is 4.25. The Kier molecular flexibility index (Phi) is 33.1. The first-order valence-electron chi connectivity index (χ1n) is 18.8. The number of phosphoric ester groups is 1. The highest BCUT2D eigenvalue weighted by molar-refractivity contribution is 7.46. The van der Waals surface area contributed by atoms with Gasteiger partial charge in [-0.05, 0) is 44.9 Å². The van der Waals surface area contributed by atoms with Gasteiger partial charge in [0, 0.05) is 12.8 Å². The summed E-state index contributed by atoms with van der Waals surface area (Å²) in [5.74, 6) is -1.17. The zero-order chi connectivity index (χ0) is 37.0. The lowest BCUT2D eigenvalue weighted by molar-refractivity contribution is -0.161. The van der Waals surface area contributed by atoms with Crippen molar-refractivity contribution in [2.75, 3.05) is 13.2 Å². The number of allylic oxidation sites excluding steroid dienone is 11. The van der Waals surface area contributed by atoms with Crippen molar-refractivity contribution in [3.05, 3.63) is 72.9 Å². The Labute approximate surface area is 302 Å². The summed E-state index contributed by atoms with van der Waals surface area (Å²) in [5.41, 5.74) is 0. The van der Waals surface area contributed by atoms with Gasteiger partial charge in [0.05, 0.1) is 12.7 Å². The van der Waals surface area contributed by atoms with E-state index in [1.54, 1.807) is 12.2 Å². The van der Waals surface area contributed by atoms with Crippen molar-refractivity contribution in [1.29, 1.82) is 0 Å². The van der Waals surface area contributed by atoms with E-state index in [9.17, 15) is 19.3 Å². The molecule has 0 saturated heterocycles. The molecule has 2 atom stereocenters. The van der Waals surface area contributed by atoms with Gasteiger partial charge in [0.2, 0.25) is 0 Å². The fraction of sp³-hybridized carbons (Fsp3) is 0.650. The zero-order valence-corrected chi connectivity index (χ0v) is 31.8. The average Bonchev–Trinajstić information content (AvgIpc) is 3.08. The molecule has 0 spiro atoms. The summed E-state index contributed by atoms with van der Waals surface area (Å²) in [5, 5.41) is 10.2. The van der Waals surface area contributed by atoms with Crippen LogP contribution in [0.25, 0.3) is 0 Å². The first-order valence-corrected chi connectivity index (χ1v) is 20.4. The molecule has 0 amide bonds. The van der Waals surface area contributed by atoms with E-state index in [1.165, 1.54) is 51.4 Å². The van der Waals surface area contributed by atoms with E-state index < -0.39 is 38.6 Å². The second-order valence-electron chi connectivity index (χ2n) is 12.4. The number of hydrogen-bond acceptors (Lipinski definition) is 7. The summed E-state index contributed by atoms with van der Waals surface area (Å²) in [6.45, 7) is 3.34. The Hall–Kier alpha value is -2.55. The van der Waals surface area contributed by atoms with Gasteiger partial charge in [-0.1, -0.05) is 157 Å². The van der Waals surface area contributed by atoms with Gasteiger partial charge in [-0.3, -0.25) is 14.1 Å². The number of unbranched alkanes of at least 4 members (excludes halogenated alkanes) is 11. The Morgan fingerprint density at radius 3 is 1.64 bits per heavy atom. The standard InChI is InChI=1S/C40H67O9P/c1-3-5-7-9-11-13-15-17-18-19-20-21-23-25-27-29-31-37(41)33-34-40(43)49-38(36-48-50(44,45)46)35-47-39(42)32-30-28-26-24-22-16-14-12-10-8-6-4-2/h5,7,11,13,17-18,20-21,25,27,29,31,37-38,41H,3-4,6,8-10,12,14-16,19,22-24,26,28,30,32-36H2,1-2H3,(H2,44,45,46)/b7-5-,13-11-,18-17-,21-20-,27-25-,31-29-/t37?,38-/m1/s1. The molecule has 0 aromatic carbocycles. The molecule has 0 radical (unpaired) electrons. The third-order valence-electron chi connectivity index (χ3n) is 7.61. The van der Waals surface area contributed by atoms with Crippen LogP contribution in [0.3, 0.4) is 0 Å². The number of rotatable bonds is 33. The molecular weight excluding hydrogens is 655 g/mol. The molecule has 10 heteroatoms. The summed E-state index contributed by atoms with van der Waals surface area (Å²) in [4.78, 5) is 42.7. The molecule has 3 N–H and O–H groups in total. The van der Waals surface area contributed by atoms with Crippen LogP contribution in [0.4, 0.5) is 0 Å². The molecule has 0 fully saturated rings. The van der Waals surface area contributed by atoms with E-state index in [-0.39, 0.29) is 25.9 Å². The highest BCUT2D eigenvalue weighted by Crippen LogP contribution is 2.36. The van der Waals surface area contributed by atoms with Crippen LogP contribution in [0.5, 0.6) is 0 Å². The van der Waals surface area contributed by atoms with Crippen LogP contribution in [-0.2, 0) is 28.2 Å². The van der Waals surface area contributed by atoms with Crippen molar-refractivity contribution in [3.63, 3.8) is 0 Å². The van der Waals surface area contributed by atoms with Crippen molar-refractivity contribution >= 4 is 19.8 Å². The molecule has 50 heavy (non-hydrogen) atoms. The first-order chi connectivity index (χ1) is 24.2. The molecule has 0 saturated carbocycles. The highest BCUT2D eigenvalue weighted by atomic mass is 31.2. The number of aliphatic hydroxyl groups is 1. The van der Waals surface area contributed by atoms with Gasteiger partial charge in [-0.25, -0.2) is 4.57 Å². The number of carbonyl (C=O) groups is 2. The lowest BCUT2D eigenvalue weighted by atomic mass is 10.0. The topological polar surface area (TPSA) is 140 Å². The SMILES string of the molecule is CC/C=C\C/C=C\C/C=C\C/C=C\C/C=C\C=C/C(O)CCC(=O)O[C@H](COC(=O)CCCCCCCCCCCCCC)COP(=O)(O)O. The zero-order valence-electron chi connectivity index (χ0n) is 30.9. The molecule has 0 aliphatic heterocycles. The molecule has 1 unspecified atom stereocenters. The Morgan fingerprint density at radius 1 is 0.620 bits per heavy atom. The highest BCUT2D eigenvalue weighted by Gasteiger charge is 2.23. The predicted molar refractivity (Wildman–Crippen MR) is 203 cm³/mol. The molecule has 9 nitrogen and oxygen atoms in total. The minimum atomic E-state index is -4.82. The lowest BCUT2D eigenvalue weighted by Gasteiger charge is -2.18. The molecule has 0 rings (SSSR count). The quantitative estimate of drug-likeness (QED) is 0.0198. The van der Waals surface area contributed by atoms with E-state index in [0.29, 0.717) is 6.42 Å². The van der Waals surface area contributed by atoms with Crippen molar-refractivity contribution in [2.24, 2.45) is 0 Å². The van der Waals surface area contributed by atoms with Gasteiger partial charge in [-0.2, -0.15) is 0 Å². The van der Waals surface area contributed by atoms with Crippen molar-refractivity contribution in [3.8, 4) is 0 Å². The minimum Gasteiger partial charge on any atom is -0.462 e. The maximum atomic E-state index is 12.4. The van der Waals surface area contributed by atoms with Crippen LogP contribution in [0, 0.1) is 0 Å². The summed E-state index contributed by atoms with van der Waals surface area (Å²) in [7, 11) is -4.82. The number of esters is 2. The van der Waals surface area contributed by atoms with Crippen LogP contribution < -0.4 is 0 Å². The minimum absolute atomic E-state index is 0.0882. The summed E-state index contributed by atoms with van der Waals surface area (Å²) >= 11 is 0. The predicted octanol–water partition coefficient (Wildman–Crippen LogP) is 10.1. The Bertz CT molecular complexity index is 1060. The van der Waals surface area contributed by atoms with Gasteiger partial charge < -0.3 is 24.4 Å². The fourth-order valence-electron chi connectivity index (χ4n) is 4.78. The lowest BCUT2D eigenvalue weighted by Crippen LogP contribution is -2.29. The van der Waals surface area contributed by atoms with E-state index in [1.807, 2.05) is 12.2 Å². The number of hydrogen-bond donors (Lipinski definition) is 3. The molecule has 0 bridgehead atoms. The number of phosphoric acid groups is 1. The third kappa shape index (κ3) is 36.7. The van der Waals surface area contributed by atoms with Crippen LogP contribution >= 0.6 is 7.82 Å². The van der Waals surface area contributed by atoms with Crippen LogP contribution in [0.1, 0.15) is 142 Å². The van der Waals surface area contributed by atoms with E-state index >= 15 is 0 Å². The molecule has 0 aromatic rings. The summed E-state index contributed by atoms with van der Waals surface area (Å²) in [6.07, 6.45) is 41.0. The molecule has 286 valence electrons. The number of aliphatic hydroxyl groups excluding tert-OH is 1. The second-order valence-corrected chi connectivity index (χ2v) is 13.6. The van der Waals surface area contributed by atoms with Crippen LogP contribution in [-0.4, -0.2) is 52.3 Å². The third-order valence-corrected chi connectivity index (χ3v) is 8.09. The van der Waals surface area contributed by atoms with Crippen molar-refractivity contribution < 1.29 is 43.0 Å². The number of carbonyl (C=O) groups excluding carboxylic acids is 2. The van der Waals surface area contributed by atoms with Crippen LogP contribution in [0.2, 0.25) is 0 Å². The van der Waals surface area contributed by atoms with Gasteiger partial charge in [0.1, 0.15) is 6.61 Å². The van der Waals surface area contributed by atoms with E-state index in [0.717, 1.165) is 51.4 Å². The second kappa shape index (κ2) is 34.9. The van der Waals surface area contributed by atoms with E-state index in [2.05, 4.69) is 67.0 Å². The van der Waals surface area contributed by atoms with E-state index in [4.69, 9.17) is 19.3 Å². The van der Waals surface area contributed by atoms with Crippen LogP contribution in [0.15, 0.2) is 72.9 Å². The van der Waals surface area contributed by atoms with Gasteiger partial charge in [-0.15, -0.1) is 0 Å². The first kappa shape index (κ1) is 47.4. The number of ether oxygens (including phenoxy) is 2. The summed E-state index contributed by atoms with van der Waals surface area (Å²) < 4.78 is 26.1. The molecule has 0 aliphatic rings. The normalized spacial score (nSPS) is 13.9. The maximum Gasteiger partial charge on any atom is 0.469 e. The van der Waals surface area contributed by atoms with Crippen molar-refractivity contribution in [2.45, 2.75) is 154 Å². The molecule has 0 aromatic heterocycles. The average molecular weight is 723 g/mol. The van der Waals surface area contributed by atoms with Gasteiger partial charge in [0.15, 0.2) is 6.10 Å². The molecular formula is C40H67O9P. The largest absolute Gasteiger partial charge is 0.469 e. The summed E-state index contributed by atoms with van der Waals surface area (Å²) in [6, 6.07) is 0. The monoisotopic (exact) mass is 722 g/mol.